The van der Waals surface area contributed by atoms with E-state index in [1.165, 1.54) is 38.5 Å². The Hall–Kier alpha value is -2.43. The van der Waals surface area contributed by atoms with Crippen LogP contribution in [0.2, 0.25) is 0 Å². The van der Waals surface area contributed by atoms with Gasteiger partial charge in [0.25, 0.3) is 0 Å². The van der Waals surface area contributed by atoms with Gasteiger partial charge in [0.2, 0.25) is 0 Å². The van der Waals surface area contributed by atoms with Crippen molar-refractivity contribution in [3.8, 4) is 17.1 Å². The third kappa shape index (κ3) is 2.89. The predicted molar refractivity (Wildman–Crippen MR) is 104 cm³/mol. The molecule has 2 N–H and O–H groups in total. The molecule has 0 unspecified atom stereocenters. The molecule has 1 heterocycles. The SMILES string of the molecule is O=CCNc1cnc(-c2ccc(O)c(C34CC5CC(CC(C5)C3)C4)c2)nc1. The first kappa shape index (κ1) is 16.7. The van der Waals surface area contributed by atoms with Crippen molar-refractivity contribution >= 4 is 12.0 Å². The Morgan fingerprint density at radius 3 is 2.30 bits per heavy atom. The number of aldehydes is 1. The van der Waals surface area contributed by atoms with Crippen molar-refractivity contribution < 1.29 is 9.90 Å². The Morgan fingerprint density at radius 2 is 1.70 bits per heavy atom. The first-order valence-corrected chi connectivity index (χ1v) is 9.99. The quantitative estimate of drug-likeness (QED) is 0.788. The number of aromatic hydroxyl groups is 1. The summed E-state index contributed by atoms with van der Waals surface area (Å²) in [6.45, 7) is 0.248. The van der Waals surface area contributed by atoms with Crippen LogP contribution in [-0.4, -0.2) is 27.9 Å². The van der Waals surface area contributed by atoms with Gasteiger partial charge in [0, 0.05) is 11.1 Å². The third-order valence-corrected chi connectivity index (χ3v) is 6.91. The summed E-state index contributed by atoms with van der Waals surface area (Å²) in [5.41, 5.74) is 2.91. The minimum atomic E-state index is 0.139. The lowest BCUT2D eigenvalue weighted by molar-refractivity contribution is -0.106. The van der Waals surface area contributed by atoms with E-state index in [1.807, 2.05) is 12.1 Å². The molecule has 5 nitrogen and oxygen atoms in total. The molecule has 140 valence electrons. The summed E-state index contributed by atoms with van der Waals surface area (Å²) in [6, 6.07) is 5.83. The summed E-state index contributed by atoms with van der Waals surface area (Å²) in [6.07, 6.45) is 12.0. The van der Waals surface area contributed by atoms with E-state index in [1.54, 1.807) is 12.4 Å². The maximum absolute atomic E-state index is 10.7. The Kier molecular flexibility index (Phi) is 3.92. The molecular weight excluding hydrogens is 338 g/mol. The van der Waals surface area contributed by atoms with Gasteiger partial charge in [0.05, 0.1) is 24.6 Å². The van der Waals surface area contributed by atoms with Crippen LogP contribution in [-0.2, 0) is 10.2 Å². The van der Waals surface area contributed by atoms with Gasteiger partial charge in [-0.15, -0.1) is 0 Å². The fourth-order valence-electron chi connectivity index (χ4n) is 6.27. The van der Waals surface area contributed by atoms with Gasteiger partial charge in [0.15, 0.2) is 5.82 Å². The molecule has 6 rings (SSSR count). The van der Waals surface area contributed by atoms with Crippen LogP contribution in [0.25, 0.3) is 11.4 Å². The second-order valence-electron chi connectivity index (χ2n) is 8.77. The molecule has 4 aliphatic carbocycles. The van der Waals surface area contributed by atoms with Crippen molar-refractivity contribution in [1.29, 1.82) is 0 Å². The van der Waals surface area contributed by atoms with Gasteiger partial charge in [-0.3, -0.25) is 0 Å². The molecule has 1 aromatic heterocycles. The third-order valence-electron chi connectivity index (χ3n) is 6.91. The molecule has 4 bridgehead atoms. The number of nitrogens with zero attached hydrogens (tertiary/aromatic N) is 2. The Balaban J connectivity index is 1.48. The molecule has 2 aromatic rings. The number of phenolic OH excluding ortho intramolecular Hbond substituents is 1. The van der Waals surface area contributed by atoms with Crippen LogP contribution in [0, 0.1) is 17.8 Å². The zero-order valence-electron chi connectivity index (χ0n) is 15.4. The summed E-state index contributed by atoms with van der Waals surface area (Å²) >= 11 is 0. The summed E-state index contributed by atoms with van der Waals surface area (Å²) in [4.78, 5) is 19.4. The number of carbonyl (C=O) groups is 1. The molecule has 1 aromatic carbocycles. The molecule has 0 aliphatic heterocycles. The van der Waals surface area contributed by atoms with E-state index < -0.39 is 0 Å². The Bertz CT molecular complexity index is 827. The maximum atomic E-state index is 10.7. The molecule has 0 saturated heterocycles. The highest BCUT2D eigenvalue weighted by atomic mass is 16.3. The average molecular weight is 363 g/mol. The van der Waals surface area contributed by atoms with Crippen molar-refractivity contribution in [3.05, 3.63) is 36.2 Å². The molecule has 0 amide bonds. The van der Waals surface area contributed by atoms with Crippen LogP contribution < -0.4 is 5.32 Å². The first-order valence-electron chi connectivity index (χ1n) is 9.99. The van der Waals surface area contributed by atoms with Crippen molar-refractivity contribution in [1.82, 2.24) is 9.97 Å². The molecule has 5 heteroatoms. The molecule has 0 spiro atoms. The van der Waals surface area contributed by atoms with Crippen LogP contribution in [0.1, 0.15) is 44.1 Å². The van der Waals surface area contributed by atoms with Gasteiger partial charge < -0.3 is 15.2 Å². The van der Waals surface area contributed by atoms with E-state index in [-0.39, 0.29) is 12.0 Å². The van der Waals surface area contributed by atoms with Crippen molar-refractivity contribution in [2.24, 2.45) is 17.8 Å². The lowest BCUT2D eigenvalue weighted by Crippen LogP contribution is -2.48. The summed E-state index contributed by atoms with van der Waals surface area (Å²) < 4.78 is 0. The zero-order chi connectivity index (χ0) is 18.4. The van der Waals surface area contributed by atoms with Gasteiger partial charge in [-0.25, -0.2) is 9.97 Å². The Morgan fingerprint density at radius 1 is 1.07 bits per heavy atom. The van der Waals surface area contributed by atoms with Gasteiger partial charge in [0.1, 0.15) is 12.0 Å². The lowest BCUT2D eigenvalue weighted by Gasteiger charge is -2.57. The number of hydrogen-bond donors (Lipinski definition) is 2. The molecule has 4 fully saturated rings. The highest BCUT2D eigenvalue weighted by Gasteiger charge is 2.52. The minimum absolute atomic E-state index is 0.139. The Labute approximate surface area is 159 Å². The van der Waals surface area contributed by atoms with Crippen LogP contribution in [0.5, 0.6) is 5.75 Å². The summed E-state index contributed by atoms with van der Waals surface area (Å²) in [5.74, 6) is 3.57. The maximum Gasteiger partial charge on any atom is 0.159 e. The van der Waals surface area contributed by atoms with E-state index in [9.17, 15) is 9.90 Å². The fraction of sp³-hybridized carbons (Fsp3) is 0.500. The molecular formula is C22H25N3O2. The largest absolute Gasteiger partial charge is 0.508 e. The topological polar surface area (TPSA) is 75.1 Å². The predicted octanol–water partition coefficient (Wildman–Crippen LogP) is 3.93. The van der Waals surface area contributed by atoms with E-state index in [0.717, 1.165) is 40.9 Å². The number of benzene rings is 1. The van der Waals surface area contributed by atoms with Crippen molar-refractivity contribution in [3.63, 3.8) is 0 Å². The highest BCUT2D eigenvalue weighted by molar-refractivity contribution is 5.62. The standard InChI is InChI=1S/C22H25N3O2/c26-4-3-23-18-12-24-21(25-13-18)17-1-2-20(27)19(8-17)22-9-14-5-15(10-22)7-16(6-14)11-22/h1-2,4,8,12-16,23,27H,3,5-7,9-11H2. The molecule has 0 atom stereocenters. The van der Waals surface area contributed by atoms with E-state index >= 15 is 0 Å². The number of aromatic nitrogens is 2. The monoisotopic (exact) mass is 363 g/mol. The number of nitrogens with one attached hydrogen (secondary N) is 1. The van der Waals surface area contributed by atoms with Crippen molar-refractivity contribution in [2.75, 3.05) is 11.9 Å². The van der Waals surface area contributed by atoms with Gasteiger partial charge >= 0.3 is 0 Å². The first-order chi connectivity index (χ1) is 13.1. The van der Waals surface area contributed by atoms with E-state index in [2.05, 4.69) is 21.4 Å². The number of anilines is 1. The second-order valence-corrected chi connectivity index (χ2v) is 8.77. The second kappa shape index (κ2) is 6.32. The van der Waals surface area contributed by atoms with Crippen LogP contribution in [0.4, 0.5) is 5.69 Å². The number of hydrogen-bond acceptors (Lipinski definition) is 5. The summed E-state index contributed by atoms with van der Waals surface area (Å²) in [7, 11) is 0. The van der Waals surface area contributed by atoms with Crippen LogP contribution >= 0.6 is 0 Å². The van der Waals surface area contributed by atoms with E-state index in [4.69, 9.17) is 0 Å². The van der Waals surface area contributed by atoms with Crippen LogP contribution in [0.3, 0.4) is 0 Å². The van der Waals surface area contributed by atoms with Gasteiger partial charge in [-0.2, -0.15) is 0 Å². The van der Waals surface area contributed by atoms with Crippen molar-refractivity contribution in [2.45, 2.75) is 43.9 Å². The number of phenols is 1. The van der Waals surface area contributed by atoms with E-state index in [0.29, 0.717) is 11.6 Å². The van der Waals surface area contributed by atoms with Crippen LogP contribution in [0.15, 0.2) is 30.6 Å². The minimum Gasteiger partial charge on any atom is -0.508 e. The average Bonchev–Trinajstić information content (AvgIpc) is 2.66. The lowest BCUT2D eigenvalue weighted by atomic mass is 9.48. The zero-order valence-corrected chi connectivity index (χ0v) is 15.4. The number of carbonyl (C=O) groups excluding carboxylic acids is 1. The fourth-order valence-corrected chi connectivity index (χ4v) is 6.27. The smallest absolute Gasteiger partial charge is 0.159 e. The molecule has 4 saturated carbocycles. The molecule has 4 aliphatic rings. The molecule has 0 radical (unpaired) electrons. The number of rotatable bonds is 5. The summed E-state index contributed by atoms with van der Waals surface area (Å²) in [5, 5.41) is 13.6. The highest BCUT2D eigenvalue weighted by Crippen LogP contribution is 2.62. The normalized spacial score (nSPS) is 31.0. The van der Waals surface area contributed by atoms with Gasteiger partial charge in [-0.05, 0) is 79.9 Å². The molecule has 27 heavy (non-hydrogen) atoms. The van der Waals surface area contributed by atoms with Gasteiger partial charge in [-0.1, -0.05) is 0 Å².